The molecular weight excluding hydrogens is 112 g/mol. The highest BCUT2D eigenvalue weighted by Crippen LogP contribution is 1.72. The SMILES string of the molecule is CNB1N[B]NB(C)N1. The van der Waals surface area contributed by atoms with Gasteiger partial charge >= 0.3 is 7.12 Å². The van der Waals surface area contributed by atoms with Gasteiger partial charge in [0.25, 0.3) is 14.5 Å². The maximum absolute atomic E-state index is 3.20. The first kappa shape index (κ1) is 7.15. The molecule has 47 valence electrons. The minimum atomic E-state index is 0.196. The molecule has 4 nitrogen and oxygen atoms in total. The van der Waals surface area contributed by atoms with Crippen LogP contribution in [0.2, 0.25) is 6.82 Å². The zero-order valence-corrected chi connectivity index (χ0v) is 5.73. The Balaban J connectivity index is 2.23. The van der Waals surface area contributed by atoms with Crippen LogP contribution in [0.5, 0.6) is 0 Å². The van der Waals surface area contributed by atoms with Gasteiger partial charge in [0.1, 0.15) is 0 Å². The maximum atomic E-state index is 3.20. The Morgan fingerprint density at radius 3 is 2.67 bits per heavy atom. The largest absolute Gasteiger partial charge is 0.375 e. The molecule has 1 radical (unpaired) electrons. The van der Waals surface area contributed by atoms with E-state index < -0.39 is 0 Å². The van der Waals surface area contributed by atoms with E-state index in [-0.39, 0.29) is 7.12 Å². The van der Waals surface area contributed by atoms with Crippen LogP contribution in [0.25, 0.3) is 0 Å². The second kappa shape index (κ2) is 3.27. The molecule has 1 aliphatic rings. The molecule has 7 heteroatoms. The van der Waals surface area contributed by atoms with Crippen LogP contribution in [-0.4, -0.2) is 28.7 Å². The third-order valence-corrected chi connectivity index (χ3v) is 1.29. The monoisotopic (exact) mass is 123 g/mol. The van der Waals surface area contributed by atoms with Crippen LogP contribution in [0.4, 0.5) is 0 Å². The summed E-state index contributed by atoms with van der Waals surface area (Å²) in [5.74, 6) is 0. The normalized spacial score (nSPS) is 19.8. The molecule has 0 spiro atoms. The lowest BCUT2D eigenvalue weighted by Gasteiger charge is -2.24. The van der Waals surface area contributed by atoms with Gasteiger partial charge in [-0.1, -0.05) is 6.82 Å². The van der Waals surface area contributed by atoms with Crippen molar-refractivity contribution in [3.63, 3.8) is 0 Å². The zero-order valence-electron chi connectivity index (χ0n) is 5.73. The van der Waals surface area contributed by atoms with E-state index in [0.717, 1.165) is 0 Å². The van der Waals surface area contributed by atoms with Gasteiger partial charge in [0.2, 0.25) is 0 Å². The fourth-order valence-electron chi connectivity index (χ4n) is 0.769. The minimum Gasteiger partial charge on any atom is -0.375 e. The molecule has 1 heterocycles. The minimum absolute atomic E-state index is 0.196. The Hall–Kier alpha value is 0.0348. The van der Waals surface area contributed by atoms with Crippen LogP contribution < -0.4 is 20.6 Å². The predicted molar refractivity (Wildman–Crippen MR) is 41.6 cm³/mol. The van der Waals surface area contributed by atoms with Crippen LogP contribution >= 0.6 is 0 Å². The highest BCUT2D eigenvalue weighted by atomic mass is 15.1. The van der Waals surface area contributed by atoms with Crippen molar-refractivity contribution in [3.05, 3.63) is 0 Å². The first-order valence-electron chi connectivity index (χ1n) is 3.10. The summed E-state index contributed by atoms with van der Waals surface area (Å²) in [6.45, 7) is 2.39. The molecule has 0 aromatic heterocycles. The molecule has 9 heavy (non-hydrogen) atoms. The van der Waals surface area contributed by atoms with Gasteiger partial charge in [-0.25, -0.2) is 0 Å². The topological polar surface area (TPSA) is 48.1 Å². The Bertz CT molecular complexity index is 89.9. The summed E-state index contributed by atoms with van der Waals surface area (Å²) < 4.78 is 0. The van der Waals surface area contributed by atoms with Gasteiger partial charge < -0.3 is 20.6 Å². The molecule has 1 saturated heterocycles. The fraction of sp³-hybridized carbons (Fsp3) is 1.00. The molecule has 0 amide bonds. The highest BCUT2D eigenvalue weighted by molar-refractivity contribution is 6.80. The van der Waals surface area contributed by atoms with E-state index in [2.05, 4.69) is 27.5 Å². The molecule has 0 saturated carbocycles. The van der Waals surface area contributed by atoms with Crippen LogP contribution in [0, 0.1) is 0 Å². The lowest BCUT2D eigenvalue weighted by Crippen LogP contribution is -2.72. The summed E-state index contributed by atoms with van der Waals surface area (Å²) in [6, 6.07) is 0. The van der Waals surface area contributed by atoms with Gasteiger partial charge in [0, 0.05) is 0 Å². The van der Waals surface area contributed by atoms with Crippen molar-refractivity contribution in [2.24, 2.45) is 0 Å². The Morgan fingerprint density at radius 2 is 2.22 bits per heavy atom. The summed E-state index contributed by atoms with van der Waals surface area (Å²) in [5.41, 5.74) is 0. The van der Waals surface area contributed by atoms with Gasteiger partial charge in [-0.3, -0.25) is 0 Å². The molecule has 0 unspecified atom stereocenters. The van der Waals surface area contributed by atoms with Crippen LogP contribution in [-0.2, 0) is 0 Å². The Morgan fingerprint density at radius 1 is 1.44 bits per heavy atom. The molecule has 1 rings (SSSR count). The smallest absolute Gasteiger partial charge is 0.373 e. The molecule has 1 aliphatic heterocycles. The first-order valence-corrected chi connectivity index (χ1v) is 3.10. The van der Waals surface area contributed by atoms with Crippen molar-refractivity contribution in [2.45, 2.75) is 6.82 Å². The quantitative estimate of drug-likeness (QED) is 0.294. The van der Waals surface area contributed by atoms with E-state index in [9.17, 15) is 0 Å². The molecule has 0 atom stereocenters. The summed E-state index contributed by atoms with van der Waals surface area (Å²) >= 11 is 0. The van der Waals surface area contributed by atoms with E-state index in [0.29, 0.717) is 6.98 Å². The second-order valence-corrected chi connectivity index (χ2v) is 2.09. The summed E-state index contributed by atoms with van der Waals surface area (Å²) in [4.78, 5) is 0. The van der Waals surface area contributed by atoms with Crippen molar-refractivity contribution in [1.82, 2.24) is 20.6 Å². The number of nitrogens with one attached hydrogen (secondary N) is 4. The van der Waals surface area contributed by atoms with Crippen molar-refractivity contribution >= 4 is 21.6 Å². The van der Waals surface area contributed by atoms with E-state index >= 15 is 0 Å². The maximum Gasteiger partial charge on any atom is 0.373 e. The molecule has 4 N–H and O–H groups in total. The standard InChI is InChI=1S/C2H10B3N4/c1-4-7-3-8-5(6-2)9-4/h6-9H,1-2H3. The molecule has 0 aromatic carbocycles. The van der Waals surface area contributed by atoms with E-state index in [1.165, 1.54) is 0 Å². The lowest BCUT2D eigenvalue weighted by atomic mass is 9.63. The van der Waals surface area contributed by atoms with E-state index in [1.807, 2.05) is 14.6 Å². The second-order valence-electron chi connectivity index (χ2n) is 2.09. The average molecular weight is 123 g/mol. The van der Waals surface area contributed by atoms with Gasteiger partial charge in [-0.2, -0.15) is 0 Å². The fourth-order valence-corrected chi connectivity index (χ4v) is 0.769. The molecule has 0 aliphatic carbocycles. The van der Waals surface area contributed by atoms with Crippen molar-refractivity contribution < 1.29 is 0 Å². The van der Waals surface area contributed by atoms with Crippen LogP contribution in [0.3, 0.4) is 0 Å². The van der Waals surface area contributed by atoms with Gasteiger partial charge in [0.05, 0.1) is 0 Å². The van der Waals surface area contributed by atoms with Gasteiger partial charge in [0.15, 0.2) is 0 Å². The summed E-state index contributed by atoms with van der Waals surface area (Å²) in [6.07, 6.45) is 0. The van der Waals surface area contributed by atoms with E-state index in [4.69, 9.17) is 0 Å². The summed E-state index contributed by atoms with van der Waals surface area (Å²) in [5, 5.41) is 12.3. The van der Waals surface area contributed by atoms with Gasteiger partial charge in [-0.15, -0.1) is 0 Å². The molecule has 0 bridgehead atoms. The van der Waals surface area contributed by atoms with Crippen LogP contribution in [0.1, 0.15) is 0 Å². The van der Waals surface area contributed by atoms with Gasteiger partial charge in [-0.05, 0) is 7.05 Å². The Kier molecular flexibility index (Phi) is 2.59. The van der Waals surface area contributed by atoms with Crippen molar-refractivity contribution in [1.29, 1.82) is 0 Å². The number of hydrogen-bond donors (Lipinski definition) is 4. The molecule has 1 fully saturated rings. The van der Waals surface area contributed by atoms with Crippen molar-refractivity contribution in [2.75, 3.05) is 7.05 Å². The third-order valence-electron chi connectivity index (χ3n) is 1.29. The summed E-state index contributed by atoms with van der Waals surface area (Å²) in [7, 11) is 3.93. The van der Waals surface area contributed by atoms with Crippen molar-refractivity contribution in [3.8, 4) is 0 Å². The first-order chi connectivity index (χ1) is 4.33. The lowest BCUT2D eigenvalue weighted by molar-refractivity contribution is 1.06. The number of rotatable bonds is 1. The zero-order chi connectivity index (χ0) is 6.69. The predicted octanol–water partition coefficient (Wildman–Crippen LogP) is -2.37. The molecular formula is C2H10B3N4. The third kappa shape index (κ3) is 2.02. The number of hydrogen-bond acceptors (Lipinski definition) is 4. The average Bonchev–Trinajstić information content (AvgIpc) is 1.88. The molecule has 0 aromatic rings. The highest BCUT2D eigenvalue weighted by Gasteiger charge is 2.22. The Labute approximate surface area is 57.1 Å². The van der Waals surface area contributed by atoms with E-state index in [1.54, 1.807) is 0 Å². The van der Waals surface area contributed by atoms with Crippen LogP contribution in [0.15, 0.2) is 0 Å².